The molecule has 0 aromatic carbocycles. The number of carbonyl (C=O) groups excluding carboxylic acids is 2. The third-order valence-electron chi connectivity index (χ3n) is 11.4. The van der Waals surface area contributed by atoms with Gasteiger partial charge in [-0.25, -0.2) is 18.9 Å². The number of aromatic nitrogens is 3. The molecule has 1 aliphatic heterocycles. The van der Waals surface area contributed by atoms with Gasteiger partial charge < -0.3 is 20.3 Å². The number of aliphatic hydroxyl groups excluding tert-OH is 1. The van der Waals surface area contributed by atoms with Crippen molar-refractivity contribution in [3.05, 3.63) is 47.3 Å². The first-order valence-corrected chi connectivity index (χ1v) is 16.8. The molecule has 0 unspecified atom stereocenters. The van der Waals surface area contributed by atoms with Crippen molar-refractivity contribution in [2.75, 3.05) is 12.5 Å². The van der Waals surface area contributed by atoms with Crippen LogP contribution in [0.1, 0.15) is 83.4 Å². The normalized spacial score (nSPS) is 36.4. The van der Waals surface area contributed by atoms with Crippen LogP contribution < -0.4 is 5.73 Å². The molecule has 2 aromatic rings. The number of halogens is 2. The molecule has 1 saturated heterocycles. The molecule has 4 aliphatic rings. The van der Waals surface area contributed by atoms with Crippen LogP contribution in [0.2, 0.25) is 0 Å². The minimum Gasteiger partial charge on any atom is -0.448 e. The van der Waals surface area contributed by atoms with E-state index in [9.17, 15) is 19.1 Å². The van der Waals surface area contributed by atoms with E-state index in [1.54, 1.807) is 16.9 Å². The van der Waals surface area contributed by atoms with Gasteiger partial charge in [0.1, 0.15) is 5.67 Å². The second-order valence-corrected chi connectivity index (χ2v) is 14.7. The van der Waals surface area contributed by atoms with Gasteiger partial charge in [-0.15, -0.1) is 0 Å². The lowest BCUT2D eigenvalue weighted by molar-refractivity contribution is -0.192. The van der Waals surface area contributed by atoms with Crippen molar-refractivity contribution < 1.29 is 33.0 Å². The number of fused-ring (bicyclic) bond motifs is 3. The van der Waals surface area contributed by atoms with Crippen molar-refractivity contribution in [3.8, 4) is 5.69 Å². The molecular formula is C33H42F2N4O5S. The fraction of sp³-hybridized carbons (Fsp3) is 0.636. The van der Waals surface area contributed by atoms with Gasteiger partial charge in [0.15, 0.2) is 11.7 Å². The van der Waals surface area contributed by atoms with Crippen LogP contribution in [0.15, 0.2) is 30.1 Å². The first-order valence-electron chi connectivity index (χ1n) is 15.8. The Balaban J connectivity index is 1.37. The Morgan fingerprint density at radius 1 is 1.20 bits per heavy atom. The number of alkyl halides is 1. The highest BCUT2D eigenvalue weighted by molar-refractivity contribution is 8.13. The SMILES string of the molecule is C[C@]12Cc3cnn(-c4ccc(F)nc4)c3C=C1CCC[C@@H]1CC[C@](OC(=O)[C@@H]3CCCO3)(C(=O)SCN)[C@@]1(C)C[C@H](O)[C@]2(C)F. The molecule has 2 aromatic heterocycles. The summed E-state index contributed by atoms with van der Waals surface area (Å²) in [5, 5.41) is 16.1. The molecule has 2 saturated carbocycles. The predicted octanol–water partition coefficient (Wildman–Crippen LogP) is 5.07. The zero-order valence-corrected chi connectivity index (χ0v) is 26.9. The number of rotatable bonds is 5. The molecule has 244 valence electrons. The highest BCUT2D eigenvalue weighted by Gasteiger charge is 2.67. The second kappa shape index (κ2) is 11.8. The standard InChI is InChI=1S/C33H42F2N4O5S/c1-30-15-20-17-38-39(23-9-10-27(34)37-18-23)24(20)14-22(30)7-4-6-21-11-12-33(29(42)45-19-36,44-28(41)25-8-5-13-43-25)31(21,2)16-26(40)32(30,3)35/h9-10,14,17-18,21,25-26,40H,4-8,11-13,15-16,19,36H2,1-3H3/t21-,25+,26+,30+,31+,32+,33+/m1/s1. The van der Waals surface area contributed by atoms with Gasteiger partial charge in [-0.2, -0.15) is 9.49 Å². The topological polar surface area (TPSA) is 130 Å². The molecule has 3 heterocycles. The van der Waals surface area contributed by atoms with Gasteiger partial charge in [0.25, 0.3) is 0 Å². The van der Waals surface area contributed by atoms with Crippen molar-refractivity contribution in [3.63, 3.8) is 0 Å². The van der Waals surface area contributed by atoms with Crippen LogP contribution in [0.25, 0.3) is 11.8 Å². The zero-order valence-electron chi connectivity index (χ0n) is 26.1. The third-order valence-corrected chi connectivity index (χ3v) is 12.2. The molecule has 12 heteroatoms. The number of esters is 1. The summed E-state index contributed by atoms with van der Waals surface area (Å²) in [6.07, 6.45) is 7.14. The summed E-state index contributed by atoms with van der Waals surface area (Å²) < 4.78 is 44.5. The van der Waals surface area contributed by atoms with E-state index in [1.165, 1.54) is 19.2 Å². The van der Waals surface area contributed by atoms with Gasteiger partial charge in [-0.1, -0.05) is 31.2 Å². The number of thioether (sulfide) groups is 1. The van der Waals surface area contributed by atoms with Crippen molar-refractivity contribution in [1.82, 2.24) is 14.8 Å². The van der Waals surface area contributed by atoms with Crippen LogP contribution in [0, 0.1) is 22.7 Å². The summed E-state index contributed by atoms with van der Waals surface area (Å²) in [7, 11) is 0. The van der Waals surface area contributed by atoms with Crippen molar-refractivity contribution in [2.24, 2.45) is 22.5 Å². The number of nitrogens with zero attached hydrogens (tertiary/aromatic N) is 3. The summed E-state index contributed by atoms with van der Waals surface area (Å²) in [6.45, 7) is 5.61. The van der Waals surface area contributed by atoms with Crippen molar-refractivity contribution in [1.29, 1.82) is 0 Å². The number of hydrogen-bond donors (Lipinski definition) is 2. The van der Waals surface area contributed by atoms with Crippen molar-refractivity contribution >= 4 is 28.9 Å². The van der Waals surface area contributed by atoms with Crippen LogP contribution >= 0.6 is 11.8 Å². The number of aliphatic hydroxyl groups is 1. The Hall–Kier alpha value is -2.67. The number of hydrogen-bond acceptors (Lipinski definition) is 9. The molecule has 9 nitrogen and oxygen atoms in total. The molecular weight excluding hydrogens is 602 g/mol. The Morgan fingerprint density at radius 3 is 2.69 bits per heavy atom. The van der Waals surface area contributed by atoms with E-state index in [4.69, 9.17) is 15.2 Å². The lowest BCUT2D eigenvalue weighted by Gasteiger charge is -2.52. The fourth-order valence-electron chi connectivity index (χ4n) is 8.38. The fourth-order valence-corrected chi connectivity index (χ4v) is 9.14. The summed E-state index contributed by atoms with van der Waals surface area (Å²) in [4.78, 5) is 31.1. The van der Waals surface area contributed by atoms with Gasteiger partial charge in [-0.3, -0.25) is 4.79 Å². The molecule has 0 amide bonds. The Bertz CT molecular complexity index is 1490. The van der Waals surface area contributed by atoms with Gasteiger partial charge in [0.05, 0.1) is 29.9 Å². The first kappa shape index (κ1) is 32.3. The molecule has 0 radical (unpaired) electrons. The number of allylic oxidation sites excluding steroid dienone is 1. The number of pyridine rings is 1. The van der Waals surface area contributed by atoms with Crippen LogP contribution in [0.3, 0.4) is 0 Å². The highest BCUT2D eigenvalue weighted by Crippen LogP contribution is 2.62. The second-order valence-electron chi connectivity index (χ2n) is 13.7. The molecule has 3 N–H and O–H groups in total. The maximum absolute atomic E-state index is 17.5. The largest absolute Gasteiger partial charge is 0.448 e. The lowest BCUT2D eigenvalue weighted by atomic mass is 9.57. The lowest BCUT2D eigenvalue weighted by Crippen LogP contribution is -2.59. The van der Waals surface area contributed by atoms with E-state index in [-0.39, 0.29) is 36.2 Å². The van der Waals surface area contributed by atoms with E-state index in [0.717, 1.165) is 35.0 Å². The van der Waals surface area contributed by atoms with E-state index in [2.05, 4.69) is 10.1 Å². The quantitative estimate of drug-likeness (QED) is 0.260. The molecule has 3 aliphatic carbocycles. The van der Waals surface area contributed by atoms with E-state index in [0.29, 0.717) is 44.4 Å². The third kappa shape index (κ3) is 5.16. The van der Waals surface area contributed by atoms with E-state index < -0.39 is 46.2 Å². The monoisotopic (exact) mass is 644 g/mol. The Kier molecular flexibility index (Phi) is 8.50. The molecule has 7 atom stereocenters. The number of carbonyl (C=O) groups is 2. The Labute approximate surface area is 266 Å². The maximum atomic E-state index is 17.5. The highest BCUT2D eigenvalue weighted by atomic mass is 32.2. The molecule has 0 bridgehead atoms. The first-order chi connectivity index (χ1) is 21.4. The Morgan fingerprint density at radius 2 is 2.00 bits per heavy atom. The minimum atomic E-state index is -2.13. The summed E-state index contributed by atoms with van der Waals surface area (Å²) >= 11 is 0.901. The number of ether oxygens (including phenoxy) is 2. The van der Waals surface area contributed by atoms with Gasteiger partial charge in [-0.05, 0) is 94.4 Å². The van der Waals surface area contributed by atoms with Crippen molar-refractivity contribution in [2.45, 2.75) is 102 Å². The minimum absolute atomic E-state index is 0.0123. The average molecular weight is 645 g/mol. The molecule has 0 spiro atoms. The summed E-state index contributed by atoms with van der Waals surface area (Å²) in [5.41, 5.74) is 3.03. The van der Waals surface area contributed by atoms with Crippen LogP contribution in [0.5, 0.6) is 0 Å². The molecule has 3 fully saturated rings. The summed E-state index contributed by atoms with van der Waals surface area (Å²) in [6, 6.07) is 2.87. The van der Waals surface area contributed by atoms with E-state index >= 15 is 4.39 Å². The van der Waals surface area contributed by atoms with Crippen LogP contribution in [-0.2, 0) is 25.5 Å². The van der Waals surface area contributed by atoms with Gasteiger partial charge >= 0.3 is 5.97 Å². The smallest absolute Gasteiger partial charge is 0.336 e. The van der Waals surface area contributed by atoms with Crippen LogP contribution in [0.4, 0.5) is 8.78 Å². The maximum Gasteiger partial charge on any atom is 0.336 e. The average Bonchev–Trinajstić information content (AvgIpc) is 3.73. The number of nitrogens with two attached hydrogens (primary N) is 1. The van der Waals surface area contributed by atoms with Gasteiger partial charge in [0, 0.05) is 23.3 Å². The van der Waals surface area contributed by atoms with Gasteiger partial charge in [0.2, 0.25) is 11.1 Å². The van der Waals surface area contributed by atoms with E-state index in [1.807, 2.05) is 19.9 Å². The molecule has 6 rings (SSSR count). The zero-order chi connectivity index (χ0) is 32.2. The summed E-state index contributed by atoms with van der Waals surface area (Å²) in [5.74, 6) is -1.27. The van der Waals surface area contributed by atoms with Crippen LogP contribution in [-0.4, -0.2) is 66.9 Å². The molecule has 45 heavy (non-hydrogen) atoms. The predicted molar refractivity (Wildman–Crippen MR) is 165 cm³/mol.